The van der Waals surface area contributed by atoms with Crippen molar-refractivity contribution in [1.82, 2.24) is 5.32 Å². The van der Waals surface area contributed by atoms with Gasteiger partial charge in [0.1, 0.15) is 5.56 Å². The van der Waals surface area contributed by atoms with E-state index in [1.54, 1.807) is 12.1 Å². The summed E-state index contributed by atoms with van der Waals surface area (Å²) < 4.78 is 0. The van der Waals surface area contributed by atoms with E-state index in [1.807, 2.05) is 18.2 Å². The highest BCUT2D eigenvalue weighted by molar-refractivity contribution is 5.98. The molecule has 0 bridgehead atoms. The van der Waals surface area contributed by atoms with Crippen LogP contribution in [0.3, 0.4) is 0 Å². The minimum Gasteiger partial charge on any atom is -0.345 e. The van der Waals surface area contributed by atoms with Gasteiger partial charge in [-0.2, -0.15) is 0 Å². The lowest BCUT2D eigenvalue weighted by atomic mass is 9.87. The Bertz CT molecular complexity index is 727. The van der Waals surface area contributed by atoms with E-state index < -0.39 is 10.8 Å². The van der Waals surface area contributed by atoms with Gasteiger partial charge < -0.3 is 5.32 Å². The van der Waals surface area contributed by atoms with Gasteiger partial charge in [-0.25, -0.2) is 0 Å². The smallest absolute Gasteiger partial charge is 0.282 e. The highest BCUT2D eigenvalue weighted by atomic mass is 16.6. The van der Waals surface area contributed by atoms with Crippen LogP contribution >= 0.6 is 0 Å². The molecule has 0 unspecified atom stereocenters. The predicted molar refractivity (Wildman–Crippen MR) is 82.7 cm³/mol. The molecule has 0 spiro atoms. The molecule has 0 heterocycles. The van der Waals surface area contributed by atoms with E-state index in [9.17, 15) is 14.9 Å². The van der Waals surface area contributed by atoms with E-state index in [2.05, 4.69) is 11.4 Å². The second-order valence-corrected chi connectivity index (χ2v) is 5.39. The van der Waals surface area contributed by atoms with Crippen LogP contribution in [0.5, 0.6) is 0 Å². The summed E-state index contributed by atoms with van der Waals surface area (Å²) in [5.41, 5.74) is 2.29. The highest BCUT2D eigenvalue weighted by Gasteiger charge is 2.25. The zero-order chi connectivity index (χ0) is 15.5. The van der Waals surface area contributed by atoms with Gasteiger partial charge in [0.15, 0.2) is 0 Å². The molecule has 112 valence electrons. The van der Waals surface area contributed by atoms with Crippen molar-refractivity contribution in [2.75, 3.05) is 0 Å². The Morgan fingerprint density at radius 2 is 1.86 bits per heavy atom. The van der Waals surface area contributed by atoms with Gasteiger partial charge in [0.05, 0.1) is 11.0 Å². The molecule has 3 rings (SSSR count). The lowest BCUT2D eigenvalue weighted by molar-refractivity contribution is -0.385. The minimum absolute atomic E-state index is 0.0859. The minimum atomic E-state index is -0.524. The topological polar surface area (TPSA) is 72.2 Å². The Labute approximate surface area is 128 Å². The van der Waals surface area contributed by atoms with E-state index in [0.717, 1.165) is 24.8 Å². The van der Waals surface area contributed by atoms with Gasteiger partial charge >= 0.3 is 0 Å². The Hall–Kier alpha value is -2.69. The van der Waals surface area contributed by atoms with Crippen molar-refractivity contribution in [3.05, 3.63) is 75.3 Å². The summed E-state index contributed by atoms with van der Waals surface area (Å²) in [7, 11) is 0. The second kappa shape index (κ2) is 5.97. The quantitative estimate of drug-likeness (QED) is 0.697. The largest absolute Gasteiger partial charge is 0.345 e. The summed E-state index contributed by atoms with van der Waals surface area (Å²) in [5.74, 6) is -0.394. The summed E-state index contributed by atoms with van der Waals surface area (Å²) in [6.07, 6.45) is 2.86. The standard InChI is InChI=1S/C17H16N2O3/c20-17(14-9-3-4-11-16(14)19(21)22)18-15-10-5-7-12-6-1-2-8-13(12)15/h1-4,6,8-9,11,15H,5,7,10H2,(H,18,20)/t15-/m0/s1. The maximum Gasteiger partial charge on any atom is 0.282 e. The van der Waals surface area contributed by atoms with Crippen molar-refractivity contribution in [3.8, 4) is 0 Å². The summed E-state index contributed by atoms with van der Waals surface area (Å²) in [4.78, 5) is 23.0. The number of carbonyl (C=O) groups excluding carboxylic acids is 1. The molecule has 0 aliphatic heterocycles. The Balaban J connectivity index is 1.86. The molecular weight excluding hydrogens is 280 g/mol. The number of nitrogens with zero attached hydrogens (tertiary/aromatic N) is 1. The zero-order valence-electron chi connectivity index (χ0n) is 12.0. The normalized spacial score (nSPS) is 16.6. The van der Waals surface area contributed by atoms with E-state index in [1.165, 1.54) is 17.7 Å². The van der Waals surface area contributed by atoms with Crippen molar-refractivity contribution >= 4 is 11.6 Å². The van der Waals surface area contributed by atoms with E-state index in [4.69, 9.17) is 0 Å². The number of nitro benzene ring substituents is 1. The zero-order valence-corrected chi connectivity index (χ0v) is 12.0. The monoisotopic (exact) mass is 296 g/mol. The third-order valence-corrected chi connectivity index (χ3v) is 4.02. The average molecular weight is 296 g/mol. The molecule has 2 aromatic rings. The van der Waals surface area contributed by atoms with E-state index >= 15 is 0 Å². The number of nitrogens with one attached hydrogen (secondary N) is 1. The number of rotatable bonds is 3. The summed E-state index contributed by atoms with van der Waals surface area (Å²) >= 11 is 0. The maximum atomic E-state index is 12.4. The van der Waals surface area contributed by atoms with Crippen LogP contribution in [0.25, 0.3) is 0 Å². The fourth-order valence-electron chi connectivity index (χ4n) is 2.96. The molecule has 2 aromatic carbocycles. The van der Waals surface area contributed by atoms with Crippen molar-refractivity contribution in [2.45, 2.75) is 25.3 Å². The van der Waals surface area contributed by atoms with Gasteiger partial charge in [0.25, 0.3) is 11.6 Å². The average Bonchev–Trinajstić information content (AvgIpc) is 2.55. The molecule has 1 N–H and O–H groups in total. The number of aryl methyl sites for hydroxylation is 1. The number of carbonyl (C=O) groups is 1. The van der Waals surface area contributed by atoms with Gasteiger partial charge in [0.2, 0.25) is 0 Å². The highest BCUT2D eigenvalue weighted by Crippen LogP contribution is 2.30. The fraction of sp³-hybridized carbons (Fsp3) is 0.235. The number of amides is 1. The molecular formula is C17H16N2O3. The van der Waals surface area contributed by atoms with Crippen LogP contribution in [-0.4, -0.2) is 10.8 Å². The first kappa shape index (κ1) is 14.3. The third-order valence-electron chi connectivity index (χ3n) is 4.02. The van der Waals surface area contributed by atoms with Gasteiger partial charge in [0, 0.05) is 6.07 Å². The first-order chi connectivity index (χ1) is 10.7. The Kier molecular flexibility index (Phi) is 3.87. The molecule has 0 saturated carbocycles. The van der Waals surface area contributed by atoms with Gasteiger partial charge in [-0.05, 0) is 36.5 Å². The van der Waals surface area contributed by atoms with Gasteiger partial charge in [-0.1, -0.05) is 36.4 Å². The summed E-state index contributed by atoms with van der Waals surface area (Å²) in [6.45, 7) is 0. The second-order valence-electron chi connectivity index (χ2n) is 5.39. The van der Waals surface area contributed by atoms with Gasteiger partial charge in [-0.3, -0.25) is 14.9 Å². The van der Waals surface area contributed by atoms with Crippen molar-refractivity contribution < 1.29 is 9.72 Å². The molecule has 0 radical (unpaired) electrons. The molecule has 1 aliphatic carbocycles. The van der Waals surface area contributed by atoms with E-state index in [-0.39, 0.29) is 17.3 Å². The van der Waals surface area contributed by atoms with Crippen LogP contribution in [0.2, 0.25) is 0 Å². The number of para-hydroxylation sites is 1. The van der Waals surface area contributed by atoms with Crippen molar-refractivity contribution in [2.24, 2.45) is 0 Å². The number of nitro groups is 1. The van der Waals surface area contributed by atoms with Gasteiger partial charge in [-0.15, -0.1) is 0 Å². The molecule has 1 amide bonds. The molecule has 5 nitrogen and oxygen atoms in total. The number of hydrogen-bond donors (Lipinski definition) is 1. The molecule has 0 saturated heterocycles. The molecule has 0 fully saturated rings. The molecule has 1 aliphatic rings. The Morgan fingerprint density at radius 1 is 1.14 bits per heavy atom. The lowest BCUT2D eigenvalue weighted by Crippen LogP contribution is -2.31. The van der Waals surface area contributed by atoms with Crippen LogP contribution in [0.15, 0.2) is 48.5 Å². The SMILES string of the molecule is O=C(N[C@H]1CCCc2ccccc21)c1ccccc1[N+](=O)[O-]. The predicted octanol–water partition coefficient (Wildman–Crippen LogP) is 3.40. The first-order valence-corrected chi connectivity index (χ1v) is 7.29. The van der Waals surface area contributed by atoms with Crippen molar-refractivity contribution in [3.63, 3.8) is 0 Å². The van der Waals surface area contributed by atoms with E-state index in [0.29, 0.717) is 0 Å². The molecule has 1 atom stereocenters. The number of hydrogen-bond acceptors (Lipinski definition) is 3. The van der Waals surface area contributed by atoms with Crippen molar-refractivity contribution in [1.29, 1.82) is 0 Å². The molecule has 5 heteroatoms. The number of benzene rings is 2. The van der Waals surface area contributed by atoms with Crippen LogP contribution in [0.4, 0.5) is 5.69 Å². The Morgan fingerprint density at radius 3 is 2.68 bits per heavy atom. The van der Waals surface area contributed by atoms with Crippen LogP contribution < -0.4 is 5.32 Å². The fourth-order valence-corrected chi connectivity index (χ4v) is 2.96. The van der Waals surface area contributed by atoms with Crippen LogP contribution in [-0.2, 0) is 6.42 Å². The summed E-state index contributed by atoms with van der Waals surface area (Å²) in [5, 5.41) is 14.0. The molecule has 0 aromatic heterocycles. The maximum absolute atomic E-state index is 12.4. The van der Waals surface area contributed by atoms with Crippen LogP contribution in [0.1, 0.15) is 40.4 Å². The third kappa shape index (κ3) is 2.70. The lowest BCUT2D eigenvalue weighted by Gasteiger charge is -2.26. The molecule has 22 heavy (non-hydrogen) atoms. The number of fused-ring (bicyclic) bond motifs is 1. The summed E-state index contributed by atoms with van der Waals surface area (Å²) in [6, 6.07) is 14.0. The van der Waals surface area contributed by atoms with Crippen LogP contribution in [0, 0.1) is 10.1 Å². The first-order valence-electron chi connectivity index (χ1n) is 7.29.